The van der Waals surface area contributed by atoms with E-state index in [0.717, 1.165) is 28.2 Å². The monoisotopic (exact) mass is 405 g/mol. The molecule has 0 amide bonds. The molecule has 1 aliphatic heterocycles. The number of hydrogen-bond acceptors (Lipinski definition) is 6. The number of hydrogen-bond donors (Lipinski definition) is 2. The molecule has 4 rings (SSSR count). The van der Waals surface area contributed by atoms with E-state index in [1.807, 2.05) is 62.0 Å². The molecule has 1 saturated heterocycles. The molecular weight excluding hydrogens is 378 g/mol. The minimum Gasteiger partial charge on any atom is -0.491 e. The third-order valence-electron chi connectivity index (χ3n) is 5.13. The van der Waals surface area contributed by atoms with E-state index in [-0.39, 0.29) is 6.10 Å². The molecule has 8 heteroatoms. The maximum atomic E-state index is 8.32. The van der Waals surface area contributed by atoms with Crippen molar-refractivity contribution < 1.29 is 4.74 Å². The summed E-state index contributed by atoms with van der Waals surface area (Å²) >= 11 is 0. The van der Waals surface area contributed by atoms with Crippen molar-refractivity contribution in [3.8, 4) is 11.4 Å². The molecule has 0 radical (unpaired) electrons. The van der Waals surface area contributed by atoms with Crippen molar-refractivity contribution in [2.45, 2.75) is 33.3 Å². The Bertz CT molecular complexity index is 1090. The zero-order chi connectivity index (χ0) is 21.3. The number of aromatic nitrogens is 3. The van der Waals surface area contributed by atoms with Gasteiger partial charge >= 0.3 is 0 Å². The average molecular weight is 406 g/mol. The van der Waals surface area contributed by atoms with Gasteiger partial charge in [0.1, 0.15) is 23.2 Å². The van der Waals surface area contributed by atoms with E-state index < -0.39 is 0 Å². The van der Waals surface area contributed by atoms with Crippen LogP contribution < -0.4 is 9.64 Å². The summed E-state index contributed by atoms with van der Waals surface area (Å²) in [5, 5.41) is 22.0. The van der Waals surface area contributed by atoms with E-state index in [9.17, 15) is 0 Å². The molecule has 1 fully saturated rings. The van der Waals surface area contributed by atoms with E-state index in [0.29, 0.717) is 37.7 Å². The highest BCUT2D eigenvalue weighted by Crippen LogP contribution is 2.25. The number of piperazine rings is 1. The van der Waals surface area contributed by atoms with Crippen molar-refractivity contribution in [2.75, 3.05) is 24.5 Å². The van der Waals surface area contributed by atoms with Crippen LogP contribution in [0.3, 0.4) is 0 Å². The number of benzene rings is 1. The van der Waals surface area contributed by atoms with Crippen molar-refractivity contribution in [1.82, 2.24) is 19.7 Å². The van der Waals surface area contributed by atoms with Gasteiger partial charge in [0, 0.05) is 43.2 Å². The van der Waals surface area contributed by atoms with Crippen molar-refractivity contribution in [3.05, 3.63) is 42.7 Å². The quantitative estimate of drug-likeness (QED) is 0.499. The standard InChI is InChI=1S/C22H27N7O/c1-4-20(23)28-10-9-27(14-21(28)24)22-11-17(7-8-25-22)29-19-12-18(30-15(2)3)6-5-16(19)13-26-29/h5-8,11-13,15,23-24H,4,9-10,14H2,1-3H3. The highest BCUT2D eigenvalue weighted by atomic mass is 16.5. The van der Waals surface area contributed by atoms with Gasteiger partial charge in [-0.2, -0.15) is 5.10 Å². The number of anilines is 1. The van der Waals surface area contributed by atoms with E-state index in [1.54, 1.807) is 11.1 Å². The summed E-state index contributed by atoms with van der Waals surface area (Å²) in [4.78, 5) is 8.37. The molecule has 0 bridgehead atoms. The first kappa shape index (κ1) is 19.9. The van der Waals surface area contributed by atoms with Crippen molar-refractivity contribution >= 4 is 28.4 Å². The predicted octanol–water partition coefficient (Wildman–Crippen LogP) is 3.69. The maximum absolute atomic E-state index is 8.32. The molecule has 0 aliphatic carbocycles. The van der Waals surface area contributed by atoms with Gasteiger partial charge in [0.05, 0.1) is 30.0 Å². The topological polar surface area (TPSA) is 94.1 Å². The summed E-state index contributed by atoms with van der Waals surface area (Å²) in [6.07, 6.45) is 4.36. The van der Waals surface area contributed by atoms with Gasteiger partial charge in [0.2, 0.25) is 0 Å². The van der Waals surface area contributed by atoms with Gasteiger partial charge in [-0.15, -0.1) is 0 Å². The van der Waals surface area contributed by atoms with E-state index >= 15 is 0 Å². The Balaban J connectivity index is 1.61. The fourth-order valence-electron chi connectivity index (χ4n) is 3.65. The third-order valence-corrected chi connectivity index (χ3v) is 5.13. The van der Waals surface area contributed by atoms with Gasteiger partial charge in [-0.05, 0) is 32.0 Å². The zero-order valence-corrected chi connectivity index (χ0v) is 17.6. The second-order valence-corrected chi connectivity index (χ2v) is 7.64. The van der Waals surface area contributed by atoms with Crippen LogP contribution in [0.15, 0.2) is 42.7 Å². The molecule has 8 nitrogen and oxygen atoms in total. The van der Waals surface area contributed by atoms with E-state index in [1.165, 1.54) is 0 Å². The molecule has 2 aromatic heterocycles. The minimum absolute atomic E-state index is 0.106. The van der Waals surface area contributed by atoms with Crippen LogP contribution in [-0.2, 0) is 0 Å². The van der Waals surface area contributed by atoms with Crippen LogP contribution in [0.4, 0.5) is 5.82 Å². The molecule has 0 spiro atoms. The lowest BCUT2D eigenvalue weighted by Gasteiger charge is -2.36. The summed E-state index contributed by atoms with van der Waals surface area (Å²) in [5.74, 6) is 2.54. The van der Waals surface area contributed by atoms with Crippen LogP contribution in [0.1, 0.15) is 27.2 Å². The molecule has 30 heavy (non-hydrogen) atoms. The van der Waals surface area contributed by atoms with Crippen LogP contribution in [0.2, 0.25) is 0 Å². The normalized spacial score (nSPS) is 14.6. The Kier molecular flexibility index (Phi) is 5.39. The minimum atomic E-state index is 0.106. The summed E-state index contributed by atoms with van der Waals surface area (Å²) < 4.78 is 7.74. The lowest BCUT2D eigenvalue weighted by molar-refractivity contribution is 0.242. The molecule has 2 N–H and O–H groups in total. The van der Waals surface area contributed by atoms with Crippen molar-refractivity contribution in [2.24, 2.45) is 0 Å². The van der Waals surface area contributed by atoms with Gasteiger partial charge in [0.25, 0.3) is 0 Å². The zero-order valence-electron chi connectivity index (χ0n) is 17.6. The van der Waals surface area contributed by atoms with Gasteiger partial charge in [-0.25, -0.2) is 9.67 Å². The smallest absolute Gasteiger partial charge is 0.131 e. The van der Waals surface area contributed by atoms with Crippen LogP contribution in [0.25, 0.3) is 16.6 Å². The van der Waals surface area contributed by atoms with Crippen LogP contribution in [-0.4, -0.2) is 57.1 Å². The number of ether oxygens (including phenoxy) is 1. The Labute approximate surface area is 176 Å². The van der Waals surface area contributed by atoms with Crippen LogP contribution >= 0.6 is 0 Å². The second kappa shape index (κ2) is 8.14. The Morgan fingerprint density at radius 1 is 1.20 bits per heavy atom. The maximum Gasteiger partial charge on any atom is 0.131 e. The van der Waals surface area contributed by atoms with Gasteiger partial charge < -0.3 is 14.5 Å². The lowest BCUT2D eigenvalue weighted by atomic mass is 10.2. The van der Waals surface area contributed by atoms with Crippen molar-refractivity contribution in [1.29, 1.82) is 10.8 Å². The average Bonchev–Trinajstić information content (AvgIpc) is 3.16. The van der Waals surface area contributed by atoms with Gasteiger partial charge in [-0.3, -0.25) is 10.8 Å². The first-order chi connectivity index (χ1) is 14.5. The number of nitrogens with zero attached hydrogens (tertiary/aromatic N) is 5. The molecule has 3 aromatic rings. The highest BCUT2D eigenvalue weighted by molar-refractivity contribution is 6.00. The number of rotatable bonds is 5. The first-order valence-electron chi connectivity index (χ1n) is 10.2. The summed E-state index contributed by atoms with van der Waals surface area (Å²) in [7, 11) is 0. The Morgan fingerprint density at radius 2 is 2.03 bits per heavy atom. The summed E-state index contributed by atoms with van der Waals surface area (Å²) in [6, 6.07) is 9.91. The molecule has 0 saturated carbocycles. The van der Waals surface area contributed by atoms with E-state index in [4.69, 9.17) is 15.6 Å². The Morgan fingerprint density at radius 3 is 2.77 bits per heavy atom. The number of fused-ring (bicyclic) bond motifs is 1. The number of nitrogens with one attached hydrogen (secondary N) is 2. The van der Waals surface area contributed by atoms with Crippen LogP contribution in [0.5, 0.6) is 5.75 Å². The molecular formula is C22H27N7O. The molecule has 1 aliphatic rings. The fraction of sp³-hybridized carbons (Fsp3) is 0.364. The largest absolute Gasteiger partial charge is 0.491 e. The van der Waals surface area contributed by atoms with E-state index in [2.05, 4.69) is 15.0 Å². The molecule has 156 valence electrons. The van der Waals surface area contributed by atoms with Crippen LogP contribution in [0, 0.1) is 10.8 Å². The molecule has 1 aromatic carbocycles. The van der Waals surface area contributed by atoms with Crippen molar-refractivity contribution in [3.63, 3.8) is 0 Å². The summed E-state index contributed by atoms with van der Waals surface area (Å²) in [5.41, 5.74) is 1.88. The van der Waals surface area contributed by atoms with Gasteiger partial charge in [-0.1, -0.05) is 6.92 Å². The second-order valence-electron chi connectivity index (χ2n) is 7.64. The SMILES string of the molecule is CCC(=N)N1CCN(c2cc(-n3ncc4ccc(OC(C)C)cc43)ccn2)CC1=N. The Hall–Kier alpha value is -3.42. The molecule has 0 atom stereocenters. The summed E-state index contributed by atoms with van der Waals surface area (Å²) in [6.45, 7) is 7.74. The highest BCUT2D eigenvalue weighted by Gasteiger charge is 2.24. The molecule has 0 unspecified atom stereocenters. The molecule has 3 heterocycles. The lowest BCUT2D eigenvalue weighted by Crippen LogP contribution is -2.52. The first-order valence-corrected chi connectivity index (χ1v) is 10.2. The third kappa shape index (κ3) is 3.85. The number of pyridine rings is 1. The number of amidine groups is 2. The van der Waals surface area contributed by atoms with Gasteiger partial charge in [0.15, 0.2) is 0 Å². The predicted molar refractivity (Wildman–Crippen MR) is 119 cm³/mol. The fourth-order valence-corrected chi connectivity index (χ4v) is 3.65.